The highest BCUT2D eigenvalue weighted by Gasteiger charge is 2.25. The maximum Gasteiger partial charge on any atom is 0.309 e. The number of nitrogens with zero attached hydrogens (tertiary/aromatic N) is 1. The molecule has 3 nitrogen and oxygen atoms in total. The van der Waals surface area contributed by atoms with Crippen LogP contribution in [0.5, 0.6) is 0 Å². The van der Waals surface area contributed by atoms with Crippen LogP contribution in [0.15, 0.2) is 9.72 Å². The minimum absolute atomic E-state index is 0.0369. The van der Waals surface area contributed by atoms with E-state index >= 15 is 0 Å². The lowest BCUT2D eigenvalue weighted by molar-refractivity contribution is -0.136. The van der Waals surface area contributed by atoms with Crippen molar-refractivity contribution in [3.05, 3.63) is 11.1 Å². The van der Waals surface area contributed by atoms with Crippen LogP contribution in [0.25, 0.3) is 0 Å². The average Bonchev–Trinajstić information content (AvgIpc) is 2.70. The van der Waals surface area contributed by atoms with E-state index in [0.29, 0.717) is 10.9 Å². The van der Waals surface area contributed by atoms with Crippen molar-refractivity contribution in [3.8, 4) is 0 Å². The van der Waals surface area contributed by atoms with Crippen molar-refractivity contribution < 1.29 is 9.90 Å². The van der Waals surface area contributed by atoms with Crippen molar-refractivity contribution >= 4 is 29.1 Å². The summed E-state index contributed by atoms with van der Waals surface area (Å²) in [5.41, 5.74) is 0.687. The number of aromatic nitrogens is 1. The summed E-state index contributed by atoms with van der Waals surface area (Å²) in [5, 5.41) is 11.2. The van der Waals surface area contributed by atoms with Gasteiger partial charge in [-0.2, -0.15) is 0 Å². The van der Waals surface area contributed by atoms with Gasteiger partial charge in [-0.25, -0.2) is 4.98 Å². The van der Waals surface area contributed by atoms with Crippen LogP contribution in [-0.4, -0.2) is 21.3 Å². The van der Waals surface area contributed by atoms with Gasteiger partial charge in [0.15, 0.2) is 0 Å². The molecule has 0 bridgehead atoms. The van der Waals surface area contributed by atoms with E-state index in [1.807, 2.05) is 17.1 Å². The zero-order valence-electron chi connectivity index (χ0n) is 10.8. The second-order valence-corrected chi connectivity index (χ2v) is 7.59. The third-order valence-corrected chi connectivity index (χ3v) is 6.00. The molecule has 1 N–H and O–H groups in total. The van der Waals surface area contributed by atoms with E-state index in [1.54, 1.807) is 11.3 Å². The maximum absolute atomic E-state index is 10.6. The Morgan fingerprint density at radius 1 is 1.50 bits per heavy atom. The first-order valence-corrected chi connectivity index (χ1v) is 8.13. The molecule has 2 rings (SSSR count). The number of hydrogen-bond donors (Lipinski definition) is 1. The molecule has 0 aromatic carbocycles. The molecule has 0 spiro atoms. The molecule has 1 fully saturated rings. The lowest BCUT2D eigenvalue weighted by Crippen LogP contribution is -2.22. The number of carbonyl (C=O) groups is 1. The van der Waals surface area contributed by atoms with Gasteiger partial charge in [-0.1, -0.05) is 25.6 Å². The zero-order valence-corrected chi connectivity index (χ0v) is 12.4. The van der Waals surface area contributed by atoms with E-state index in [9.17, 15) is 4.79 Å². The highest BCUT2D eigenvalue weighted by Crippen LogP contribution is 2.39. The second kappa shape index (κ2) is 6.06. The molecule has 0 amide bonds. The second-order valence-electron chi connectivity index (χ2n) is 5.18. The molecule has 1 heterocycles. The van der Waals surface area contributed by atoms with Crippen LogP contribution in [0.4, 0.5) is 0 Å². The summed E-state index contributed by atoms with van der Waals surface area (Å²) in [4.78, 5) is 15.0. The largest absolute Gasteiger partial charge is 0.481 e. The number of hydrogen-bond acceptors (Lipinski definition) is 4. The van der Waals surface area contributed by atoms with Gasteiger partial charge in [0.05, 0.1) is 12.1 Å². The van der Waals surface area contributed by atoms with Crippen molar-refractivity contribution in [2.45, 2.75) is 49.1 Å². The number of carboxylic acid groups (broad SMARTS) is 1. The van der Waals surface area contributed by atoms with Crippen LogP contribution in [-0.2, 0) is 11.2 Å². The summed E-state index contributed by atoms with van der Waals surface area (Å²) in [6, 6.07) is 0. The fraction of sp³-hybridized carbons (Fsp3) is 0.692. The minimum Gasteiger partial charge on any atom is -0.481 e. The number of rotatable bonds is 4. The number of aliphatic carboxylic acids is 1. The van der Waals surface area contributed by atoms with E-state index in [0.717, 1.165) is 16.2 Å². The minimum atomic E-state index is -0.808. The molecule has 1 aliphatic rings. The van der Waals surface area contributed by atoms with Gasteiger partial charge in [0, 0.05) is 10.6 Å². The highest BCUT2D eigenvalue weighted by molar-refractivity contribution is 8.01. The smallest absolute Gasteiger partial charge is 0.309 e. The summed E-state index contributed by atoms with van der Waals surface area (Å²) in [7, 11) is 0. The Morgan fingerprint density at radius 2 is 2.28 bits per heavy atom. The quantitative estimate of drug-likeness (QED) is 0.916. The summed E-state index contributed by atoms with van der Waals surface area (Å²) < 4.78 is 1.03. The Labute approximate surface area is 116 Å². The van der Waals surface area contributed by atoms with Gasteiger partial charge in [0.1, 0.15) is 4.34 Å². The van der Waals surface area contributed by atoms with Gasteiger partial charge in [0.2, 0.25) is 0 Å². The lowest BCUT2D eigenvalue weighted by atomic mass is 9.81. The Bertz CT molecular complexity index is 419. The third kappa shape index (κ3) is 3.72. The molecular formula is C13H19NO2S2. The molecule has 1 aromatic rings. The molecule has 0 saturated heterocycles. The monoisotopic (exact) mass is 285 g/mol. The lowest BCUT2D eigenvalue weighted by Gasteiger charge is -2.31. The van der Waals surface area contributed by atoms with E-state index in [2.05, 4.69) is 18.8 Å². The van der Waals surface area contributed by atoms with Crippen molar-refractivity contribution in [2.75, 3.05) is 0 Å². The molecule has 18 heavy (non-hydrogen) atoms. The number of thiazole rings is 1. The first-order valence-electron chi connectivity index (χ1n) is 6.37. The van der Waals surface area contributed by atoms with E-state index in [-0.39, 0.29) is 6.42 Å². The van der Waals surface area contributed by atoms with Crippen LogP contribution >= 0.6 is 23.1 Å². The SMILES string of the molecule is CC1CCC(Sc2nc(CC(=O)O)cs2)CC1C. The fourth-order valence-corrected chi connectivity index (χ4v) is 4.75. The van der Waals surface area contributed by atoms with Crippen molar-refractivity contribution in [3.63, 3.8) is 0 Å². The summed E-state index contributed by atoms with van der Waals surface area (Å²) in [6.45, 7) is 4.66. The standard InChI is InChI=1S/C13H19NO2S2/c1-8-3-4-11(5-9(8)2)18-13-14-10(7-17-13)6-12(15)16/h7-9,11H,3-6H2,1-2H3,(H,15,16). The van der Waals surface area contributed by atoms with Crippen LogP contribution in [0.1, 0.15) is 38.8 Å². The highest BCUT2D eigenvalue weighted by atomic mass is 32.2. The molecule has 0 radical (unpaired) electrons. The molecule has 3 atom stereocenters. The number of thioether (sulfide) groups is 1. The predicted molar refractivity (Wildman–Crippen MR) is 75.3 cm³/mol. The molecule has 0 aliphatic heterocycles. The van der Waals surface area contributed by atoms with Crippen molar-refractivity contribution in [1.29, 1.82) is 0 Å². The molecule has 1 aliphatic carbocycles. The average molecular weight is 285 g/mol. The zero-order chi connectivity index (χ0) is 13.1. The molecule has 3 unspecified atom stereocenters. The van der Waals surface area contributed by atoms with E-state index in [4.69, 9.17) is 5.11 Å². The van der Waals surface area contributed by atoms with Crippen molar-refractivity contribution in [1.82, 2.24) is 4.98 Å². The predicted octanol–water partition coefficient (Wildman–Crippen LogP) is 3.69. The van der Waals surface area contributed by atoms with Gasteiger partial charge in [-0.05, 0) is 31.1 Å². The Kier molecular flexibility index (Phi) is 4.67. The van der Waals surface area contributed by atoms with E-state index < -0.39 is 5.97 Å². The van der Waals surface area contributed by atoms with Crippen LogP contribution in [0.2, 0.25) is 0 Å². The molecule has 100 valence electrons. The van der Waals surface area contributed by atoms with Crippen molar-refractivity contribution in [2.24, 2.45) is 11.8 Å². The van der Waals surface area contributed by atoms with Gasteiger partial charge in [-0.15, -0.1) is 11.3 Å². The van der Waals surface area contributed by atoms with Gasteiger partial charge >= 0.3 is 5.97 Å². The summed E-state index contributed by atoms with van der Waals surface area (Å²) in [5.74, 6) is 0.812. The van der Waals surface area contributed by atoms with E-state index in [1.165, 1.54) is 19.3 Å². The topological polar surface area (TPSA) is 50.2 Å². The van der Waals surface area contributed by atoms with Crippen LogP contribution < -0.4 is 0 Å². The summed E-state index contributed by atoms with van der Waals surface area (Å²) >= 11 is 3.41. The van der Waals surface area contributed by atoms with Gasteiger partial charge < -0.3 is 5.11 Å². The fourth-order valence-electron chi connectivity index (χ4n) is 2.33. The Hall–Kier alpha value is -0.550. The maximum atomic E-state index is 10.6. The molecule has 1 aromatic heterocycles. The first kappa shape index (κ1) is 13.9. The molecule has 5 heteroatoms. The molecule has 1 saturated carbocycles. The Balaban J connectivity index is 1.89. The first-order chi connectivity index (χ1) is 8.54. The third-order valence-electron chi connectivity index (χ3n) is 3.68. The normalized spacial score (nSPS) is 28.2. The summed E-state index contributed by atoms with van der Waals surface area (Å²) in [6.07, 6.45) is 3.84. The van der Waals surface area contributed by atoms with Gasteiger partial charge in [-0.3, -0.25) is 4.79 Å². The van der Waals surface area contributed by atoms with Crippen LogP contribution in [0.3, 0.4) is 0 Å². The van der Waals surface area contributed by atoms with Crippen LogP contribution in [0, 0.1) is 11.8 Å². The Morgan fingerprint density at radius 3 is 2.94 bits per heavy atom. The molecular weight excluding hydrogens is 266 g/mol. The number of carboxylic acids is 1. The van der Waals surface area contributed by atoms with Gasteiger partial charge in [0.25, 0.3) is 0 Å².